The highest BCUT2D eigenvalue weighted by atomic mass is 32.2. The Balaban J connectivity index is 1.74. The molecule has 2 amide bonds. The number of benzene rings is 1. The van der Waals surface area contributed by atoms with Gasteiger partial charge in [0.15, 0.2) is 0 Å². The molecule has 0 spiro atoms. The SMILES string of the molecule is CCN(CCN1C(=O)[C@@H](C)S[C@H]1c1ccc(F)cc1F)C(=O)C1CC1. The van der Waals surface area contributed by atoms with Gasteiger partial charge in [-0.1, -0.05) is 6.07 Å². The minimum atomic E-state index is -0.647. The van der Waals surface area contributed by atoms with Crippen molar-refractivity contribution < 1.29 is 18.4 Å². The second-order valence-corrected chi connectivity index (χ2v) is 7.95. The highest BCUT2D eigenvalue weighted by Crippen LogP contribution is 2.43. The van der Waals surface area contributed by atoms with Crippen molar-refractivity contribution in [2.45, 2.75) is 37.3 Å². The van der Waals surface area contributed by atoms with Gasteiger partial charge in [0.1, 0.15) is 17.0 Å². The van der Waals surface area contributed by atoms with E-state index < -0.39 is 17.0 Å². The van der Waals surface area contributed by atoms with Gasteiger partial charge in [0.05, 0.1) is 5.25 Å². The number of rotatable bonds is 6. The van der Waals surface area contributed by atoms with E-state index in [0.717, 1.165) is 18.9 Å². The fraction of sp³-hybridized carbons (Fsp3) is 0.556. The first-order chi connectivity index (χ1) is 11.9. The van der Waals surface area contributed by atoms with Crippen molar-refractivity contribution in [1.29, 1.82) is 0 Å². The summed E-state index contributed by atoms with van der Waals surface area (Å²) in [7, 11) is 0. The van der Waals surface area contributed by atoms with Crippen LogP contribution in [0.2, 0.25) is 0 Å². The molecule has 0 N–H and O–H groups in total. The summed E-state index contributed by atoms with van der Waals surface area (Å²) in [5, 5.41) is -0.776. The van der Waals surface area contributed by atoms with Crippen molar-refractivity contribution in [1.82, 2.24) is 9.80 Å². The Morgan fingerprint density at radius 3 is 2.68 bits per heavy atom. The number of nitrogens with zero attached hydrogens (tertiary/aromatic N) is 2. The number of carbonyl (C=O) groups excluding carboxylic acids is 2. The van der Waals surface area contributed by atoms with Crippen molar-refractivity contribution in [3.8, 4) is 0 Å². The molecule has 0 radical (unpaired) electrons. The van der Waals surface area contributed by atoms with E-state index in [-0.39, 0.29) is 23.0 Å². The molecule has 25 heavy (non-hydrogen) atoms. The third-order valence-corrected chi connectivity index (χ3v) is 6.08. The van der Waals surface area contributed by atoms with Crippen LogP contribution in [0.15, 0.2) is 18.2 Å². The van der Waals surface area contributed by atoms with Crippen LogP contribution in [0.1, 0.15) is 37.6 Å². The third-order valence-electron chi connectivity index (χ3n) is 4.71. The summed E-state index contributed by atoms with van der Waals surface area (Å²) >= 11 is 1.35. The maximum Gasteiger partial charge on any atom is 0.236 e. The number of carbonyl (C=O) groups is 2. The molecular formula is C18H22F2N2O2S. The van der Waals surface area contributed by atoms with Gasteiger partial charge >= 0.3 is 0 Å². The lowest BCUT2D eigenvalue weighted by Crippen LogP contribution is -2.41. The minimum absolute atomic E-state index is 0.0753. The molecule has 3 rings (SSSR count). The van der Waals surface area contributed by atoms with Gasteiger partial charge in [-0.25, -0.2) is 8.78 Å². The molecule has 1 aliphatic heterocycles. The van der Waals surface area contributed by atoms with Gasteiger partial charge in [0.2, 0.25) is 11.8 Å². The van der Waals surface area contributed by atoms with Crippen molar-refractivity contribution >= 4 is 23.6 Å². The predicted octanol–water partition coefficient (Wildman–Crippen LogP) is 3.19. The molecule has 1 aromatic carbocycles. The van der Waals surface area contributed by atoms with Crippen molar-refractivity contribution in [3.63, 3.8) is 0 Å². The molecule has 1 heterocycles. The highest BCUT2D eigenvalue weighted by Gasteiger charge is 2.40. The molecule has 7 heteroatoms. The number of hydrogen-bond donors (Lipinski definition) is 0. The molecule has 1 saturated heterocycles. The molecule has 0 bridgehead atoms. The van der Waals surface area contributed by atoms with E-state index in [9.17, 15) is 18.4 Å². The maximum absolute atomic E-state index is 14.2. The Kier molecular flexibility index (Phi) is 5.32. The fourth-order valence-electron chi connectivity index (χ4n) is 3.09. The number of amides is 2. The van der Waals surface area contributed by atoms with Gasteiger partial charge < -0.3 is 9.80 Å². The van der Waals surface area contributed by atoms with E-state index in [4.69, 9.17) is 0 Å². The van der Waals surface area contributed by atoms with E-state index in [2.05, 4.69) is 0 Å². The average molecular weight is 368 g/mol. The molecule has 1 aliphatic carbocycles. The van der Waals surface area contributed by atoms with E-state index in [1.54, 1.807) is 16.7 Å². The van der Waals surface area contributed by atoms with Crippen LogP contribution in [0.3, 0.4) is 0 Å². The summed E-state index contributed by atoms with van der Waals surface area (Å²) in [6.45, 7) is 5.08. The molecule has 1 aromatic rings. The average Bonchev–Trinajstić information content (AvgIpc) is 3.37. The quantitative estimate of drug-likeness (QED) is 0.774. The van der Waals surface area contributed by atoms with Gasteiger partial charge in [-0.3, -0.25) is 9.59 Å². The smallest absolute Gasteiger partial charge is 0.236 e. The second-order valence-electron chi connectivity index (χ2n) is 6.52. The van der Waals surface area contributed by atoms with Gasteiger partial charge in [-0.2, -0.15) is 0 Å². The Hall–Kier alpha value is -1.63. The topological polar surface area (TPSA) is 40.6 Å². The van der Waals surface area contributed by atoms with Crippen LogP contribution >= 0.6 is 11.8 Å². The first-order valence-electron chi connectivity index (χ1n) is 8.62. The van der Waals surface area contributed by atoms with Crippen LogP contribution in [0.4, 0.5) is 8.78 Å². The normalized spacial score (nSPS) is 23.2. The van der Waals surface area contributed by atoms with E-state index in [0.29, 0.717) is 25.2 Å². The zero-order valence-corrected chi connectivity index (χ0v) is 15.2. The number of thioether (sulfide) groups is 1. The van der Waals surface area contributed by atoms with Gasteiger partial charge in [0, 0.05) is 37.2 Å². The zero-order valence-electron chi connectivity index (χ0n) is 14.4. The summed E-state index contributed by atoms with van der Waals surface area (Å²) in [6.07, 6.45) is 1.88. The lowest BCUT2D eigenvalue weighted by atomic mass is 10.2. The van der Waals surface area contributed by atoms with Crippen molar-refractivity contribution in [3.05, 3.63) is 35.4 Å². The minimum Gasteiger partial charge on any atom is -0.341 e. The maximum atomic E-state index is 14.2. The van der Waals surface area contributed by atoms with Crippen LogP contribution in [-0.4, -0.2) is 46.5 Å². The van der Waals surface area contributed by atoms with Crippen LogP contribution in [0.25, 0.3) is 0 Å². The van der Waals surface area contributed by atoms with E-state index in [1.165, 1.54) is 23.9 Å². The summed E-state index contributed by atoms with van der Waals surface area (Å²) in [4.78, 5) is 28.1. The highest BCUT2D eigenvalue weighted by molar-refractivity contribution is 8.01. The molecular weight excluding hydrogens is 346 g/mol. The van der Waals surface area contributed by atoms with Gasteiger partial charge in [-0.15, -0.1) is 11.8 Å². The largest absolute Gasteiger partial charge is 0.341 e. The Bertz CT molecular complexity index is 681. The van der Waals surface area contributed by atoms with Crippen molar-refractivity contribution in [2.75, 3.05) is 19.6 Å². The van der Waals surface area contributed by atoms with Gasteiger partial charge in [-0.05, 0) is 32.8 Å². The summed E-state index contributed by atoms with van der Waals surface area (Å²) in [5.41, 5.74) is 0.306. The molecule has 2 fully saturated rings. The Morgan fingerprint density at radius 1 is 1.36 bits per heavy atom. The molecule has 1 saturated carbocycles. The molecule has 2 aliphatic rings. The fourth-order valence-corrected chi connectivity index (χ4v) is 4.42. The van der Waals surface area contributed by atoms with Crippen LogP contribution in [-0.2, 0) is 9.59 Å². The van der Waals surface area contributed by atoms with E-state index >= 15 is 0 Å². The molecule has 136 valence electrons. The third kappa shape index (κ3) is 3.81. The Labute approximate surface area is 150 Å². The number of halogens is 2. The van der Waals surface area contributed by atoms with Crippen LogP contribution in [0, 0.1) is 17.6 Å². The van der Waals surface area contributed by atoms with Crippen LogP contribution < -0.4 is 0 Å². The lowest BCUT2D eigenvalue weighted by Gasteiger charge is -2.28. The summed E-state index contributed by atoms with van der Waals surface area (Å²) in [6, 6.07) is 3.45. The molecule has 0 unspecified atom stereocenters. The monoisotopic (exact) mass is 368 g/mol. The Morgan fingerprint density at radius 2 is 2.08 bits per heavy atom. The second kappa shape index (κ2) is 7.32. The predicted molar refractivity (Wildman–Crippen MR) is 92.8 cm³/mol. The summed E-state index contributed by atoms with van der Waals surface area (Å²) < 4.78 is 27.4. The lowest BCUT2D eigenvalue weighted by molar-refractivity contribution is -0.135. The zero-order chi connectivity index (χ0) is 18.1. The van der Waals surface area contributed by atoms with Crippen LogP contribution in [0.5, 0.6) is 0 Å². The van der Waals surface area contributed by atoms with E-state index in [1.807, 2.05) is 6.92 Å². The first kappa shape index (κ1) is 18.2. The molecule has 0 aromatic heterocycles. The first-order valence-corrected chi connectivity index (χ1v) is 9.56. The summed E-state index contributed by atoms with van der Waals surface area (Å²) in [5.74, 6) is -1.09. The van der Waals surface area contributed by atoms with Crippen molar-refractivity contribution in [2.24, 2.45) is 5.92 Å². The van der Waals surface area contributed by atoms with Gasteiger partial charge in [0.25, 0.3) is 0 Å². The standard InChI is InChI=1S/C18H22F2N2O2S/c1-3-21(17(24)12-4-5-12)8-9-22-16(23)11(2)25-18(22)14-7-6-13(19)10-15(14)20/h6-7,10-12,18H,3-5,8-9H2,1-2H3/t11-,18+/m1/s1. The molecule has 4 nitrogen and oxygen atoms in total. The number of hydrogen-bond acceptors (Lipinski definition) is 3. The molecule has 2 atom stereocenters. The number of likely N-dealkylation sites (N-methyl/N-ethyl adjacent to an activating group) is 1.